The highest BCUT2D eigenvalue weighted by Crippen LogP contribution is 2.34. The quantitative estimate of drug-likeness (QED) is 0.875. The fourth-order valence-electron chi connectivity index (χ4n) is 2.44. The SMILES string of the molecule is Cc1c(F)cccc1NC1CCOc2ccccc21. The highest BCUT2D eigenvalue weighted by atomic mass is 19.1. The van der Waals surface area contributed by atoms with Crippen molar-refractivity contribution in [3.8, 4) is 5.75 Å². The van der Waals surface area contributed by atoms with Crippen LogP contribution in [-0.2, 0) is 0 Å². The van der Waals surface area contributed by atoms with Crippen molar-refractivity contribution in [3.63, 3.8) is 0 Å². The molecule has 2 nitrogen and oxygen atoms in total. The van der Waals surface area contributed by atoms with E-state index < -0.39 is 0 Å². The summed E-state index contributed by atoms with van der Waals surface area (Å²) in [5, 5.41) is 3.43. The minimum Gasteiger partial charge on any atom is -0.493 e. The van der Waals surface area contributed by atoms with Crippen molar-refractivity contribution in [2.24, 2.45) is 0 Å². The van der Waals surface area contributed by atoms with E-state index in [0.29, 0.717) is 12.2 Å². The highest BCUT2D eigenvalue weighted by molar-refractivity contribution is 5.54. The third kappa shape index (κ3) is 2.28. The van der Waals surface area contributed by atoms with Gasteiger partial charge in [0.05, 0.1) is 12.6 Å². The van der Waals surface area contributed by atoms with E-state index in [2.05, 4.69) is 11.4 Å². The number of hydrogen-bond acceptors (Lipinski definition) is 2. The normalized spacial score (nSPS) is 17.5. The first-order chi connectivity index (χ1) is 9.25. The zero-order valence-electron chi connectivity index (χ0n) is 10.8. The van der Waals surface area contributed by atoms with Gasteiger partial charge in [0.25, 0.3) is 0 Å². The predicted octanol–water partition coefficient (Wildman–Crippen LogP) is 4.07. The summed E-state index contributed by atoms with van der Waals surface area (Å²) in [7, 11) is 0. The average Bonchev–Trinajstić information content (AvgIpc) is 2.44. The van der Waals surface area contributed by atoms with Gasteiger partial charge in [0.2, 0.25) is 0 Å². The Morgan fingerprint density at radius 3 is 2.89 bits per heavy atom. The molecule has 0 aliphatic carbocycles. The second-order valence-electron chi connectivity index (χ2n) is 4.78. The molecule has 2 aromatic carbocycles. The lowest BCUT2D eigenvalue weighted by Crippen LogP contribution is -2.20. The molecule has 1 aliphatic heterocycles. The number of benzene rings is 2. The number of hydrogen-bond donors (Lipinski definition) is 1. The van der Waals surface area contributed by atoms with E-state index in [-0.39, 0.29) is 11.9 Å². The fourth-order valence-corrected chi connectivity index (χ4v) is 2.44. The largest absolute Gasteiger partial charge is 0.493 e. The first kappa shape index (κ1) is 12.0. The molecule has 1 atom stereocenters. The lowest BCUT2D eigenvalue weighted by atomic mass is 10.00. The van der Waals surface area contributed by atoms with Gasteiger partial charge in [0.1, 0.15) is 11.6 Å². The van der Waals surface area contributed by atoms with Crippen molar-refractivity contribution < 1.29 is 9.13 Å². The maximum atomic E-state index is 13.6. The minimum atomic E-state index is -0.176. The smallest absolute Gasteiger partial charge is 0.128 e. The van der Waals surface area contributed by atoms with Crippen LogP contribution in [0.15, 0.2) is 42.5 Å². The monoisotopic (exact) mass is 257 g/mol. The maximum absolute atomic E-state index is 13.6. The summed E-state index contributed by atoms with van der Waals surface area (Å²) in [5.41, 5.74) is 2.64. The second-order valence-corrected chi connectivity index (χ2v) is 4.78. The summed E-state index contributed by atoms with van der Waals surface area (Å²) in [4.78, 5) is 0. The topological polar surface area (TPSA) is 21.3 Å². The van der Waals surface area contributed by atoms with E-state index in [9.17, 15) is 4.39 Å². The summed E-state index contributed by atoms with van der Waals surface area (Å²) in [6.45, 7) is 2.48. The first-order valence-corrected chi connectivity index (χ1v) is 6.49. The van der Waals surface area contributed by atoms with Crippen molar-refractivity contribution in [3.05, 3.63) is 59.4 Å². The van der Waals surface area contributed by atoms with E-state index in [1.807, 2.05) is 24.3 Å². The lowest BCUT2D eigenvalue weighted by molar-refractivity contribution is 0.274. The molecule has 3 rings (SSSR count). The van der Waals surface area contributed by atoms with Crippen LogP contribution in [-0.4, -0.2) is 6.61 Å². The molecule has 0 fully saturated rings. The van der Waals surface area contributed by atoms with Gasteiger partial charge in [-0.1, -0.05) is 24.3 Å². The van der Waals surface area contributed by atoms with Crippen LogP contribution in [0.4, 0.5) is 10.1 Å². The number of fused-ring (bicyclic) bond motifs is 1. The van der Waals surface area contributed by atoms with Gasteiger partial charge in [-0.15, -0.1) is 0 Å². The Kier molecular flexibility index (Phi) is 3.11. The van der Waals surface area contributed by atoms with Crippen LogP contribution in [0.5, 0.6) is 5.75 Å². The molecule has 1 heterocycles. The van der Waals surface area contributed by atoms with Gasteiger partial charge in [-0.3, -0.25) is 0 Å². The number of ether oxygens (including phenoxy) is 1. The molecule has 0 spiro atoms. The molecule has 1 unspecified atom stereocenters. The molecule has 0 amide bonds. The number of halogens is 1. The molecule has 0 saturated carbocycles. The van der Waals surface area contributed by atoms with E-state index >= 15 is 0 Å². The number of para-hydroxylation sites is 1. The van der Waals surface area contributed by atoms with Crippen molar-refractivity contribution in [1.29, 1.82) is 0 Å². The number of nitrogens with one attached hydrogen (secondary N) is 1. The van der Waals surface area contributed by atoms with E-state index in [0.717, 1.165) is 23.4 Å². The van der Waals surface area contributed by atoms with Crippen molar-refractivity contribution in [2.45, 2.75) is 19.4 Å². The molecule has 98 valence electrons. The van der Waals surface area contributed by atoms with Crippen LogP contribution in [0.2, 0.25) is 0 Å². The molecule has 1 N–H and O–H groups in total. The zero-order valence-corrected chi connectivity index (χ0v) is 10.8. The first-order valence-electron chi connectivity index (χ1n) is 6.49. The van der Waals surface area contributed by atoms with Crippen LogP contribution in [0.3, 0.4) is 0 Å². The summed E-state index contributed by atoms with van der Waals surface area (Å²) in [5.74, 6) is 0.741. The third-order valence-corrected chi connectivity index (χ3v) is 3.56. The molecule has 1 aliphatic rings. The van der Waals surface area contributed by atoms with Crippen LogP contribution in [0.1, 0.15) is 23.6 Å². The van der Waals surface area contributed by atoms with Gasteiger partial charge in [-0.25, -0.2) is 4.39 Å². The maximum Gasteiger partial charge on any atom is 0.128 e. The van der Waals surface area contributed by atoms with Gasteiger partial charge < -0.3 is 10.1 Å². The number of rotatable bonds is 2. The van der Waals surface area contributed by atoms with E-state index in [1.165, 1.54) is 6.07 Å². The Hall–Kier alpha value is -2.03. The van der Waals surface area contributed by atoms with E-state index in [4.69, 9.17) is 4.74 Å². The summed E-state index contributed by atoms with van der Waals surface area (Å²) in [6.07, 6.45) is 0.882. The van der Waals surface area contributed by atoms with Crippen LogP contribution >= 0.6 is 0 Å². The molecule has 2 aromatic rings. The van der Waals surface area contributed by atoms with Gasteiger partial charge >= 0.3 is 0 Å². The molecular formula is C16H16FNO. The standard InChI is InChI=1S/C16H16FNO/c1-11-13(17)6-4-7-14(11)18-15-9-10-19-16-8-3-2-5-12(15)16/h2-8,15,18H,9-10H2,1H3. The fraction of sp³-hybridized carbons (Fsp3) is 0.250. The Labute approximate surface area is 112 Å². The Morgan fingerprint density at radius 1 is 1.16 bits per heavy atom. The van der Waals surface area contributed by atoms with Crippen LogP contribution in [0.25, 0.3) is 0 Å². The highest BCUT2D eigenvalue weighted by Gasteiger charge is 2.21. The summed E-state index contributed by atoms with van der Waals surface area (Å²) < 4.78 is 19.2. The molecule has 19 heavy (non-hydrogen) atoms. The third-order valence-electron chi connectivity index (χ3n) is 3.56. The second kappa shape index (κ2) is 4.92. The van der Waals surface area contributed by atoms with Crippen molar-refractivity contribution >= 4 is 5.69 Å². The van der Waals surface area contributed by atoms with E-state index in [1.54, 1.807) is 13.0 Å². The van der Waals surface area contributed by atoms with Gasteiger partial charge in [0.15, 0.2) is 0 Å². The minimum absolute atomic E-state index is 0.172. The average molecular weight is 257 g/mol. The zero-order chi connectivity index (χ0) is 13.2. The van der Waals surface area contributed by atoms with Crippen LogP contribution in [0, 0.1) is 12.7 Å². The molecule has 3 heteroatoms. The molecule has 0 radical (unpaired) electrons. The van der Waals surface area contributed by atoms with Crippen molar-refractivity contribution in [1.82, 2.24) is 0 Å². The molecule has 0 saturated heterocycles. The van der Waals surface area contributed by atoms with Crippen LogP contribution < -0.4 is 10.1 Å². The Bertz CT molecular complexity index is 597. The molecule has 0 bridgehead atoms. The predicted molar refractivity (Wildman–Crippen MR) is 74.1 cm³/mol. The van der Waals surface area contributed by atoms with Crippen molar-refractivity contribution in [2.75, 3.05) is 11.9 Å². The van der Waals surface area contributed by atoms with Gasteiger partial charge in [-0.2, -0.15) is 0 Å². The summed E-state index contributed by atoms with van der Waals surface area (Å²) >= 11 is 0. The molecule has 0 aromatic heterocycles. The van der Waals surface area contributed by atoms with Gasteiger partial charge in [-0.05, 0) is 25.1 Å². The summed E-state index contributed by atoms with van der Waals surface area (Å²) in [6, 6.07) is 13.3. The lowest BCUT2D eigenvalue weighted by Gasteiger charge is -2.28. The molecular weight excluding hydrogens is 241 g/mol. The Balaban J connectivity index is 1.91. The number of anilines is 1. The Morgan fingerprint density at radius 2 is 2.00 bits per heavy atom. The van der Waals surface area contributed by atoms with Gasteiger partial charge in [0, 0.05) is 23.2 Å².